The van der Waals surface area contributed by atoms with Crippen molar-refractivity contribution in [2.24, 2.45) is 0 Å². The quantitative estimate of drug-likeness (QED) is 0.460. The Bertz CT molecular complexity index is 1080. The molecule has 0 unspecified atom stereocenters. The number of thiocarbonyl (C=S) groups is 1. The number of phenols is 1. The third-order valence-corrected chi connectivity index (χ3v) is 5.49. The lowest BCUT2D eigenvalue weighted by Crippen LogP contribution is -2.36. The van der Waals surface area contributed by atoms with Gasteiger partial charge in [-0.15, -0.1) is 0 Å². The van der Waals surface area contributed by atoms with Crippen LogP contribution in [0.4, 0.5) is 5.69 Å². The maximum atomic E-state index is 12.7. The van der Waals surface area contributed by atoms with Gasteiger partial charge in [0.25, 0.3) is 5.91 Å². The van der Waals surface area contributed by atoms with Gasteiger partial charge in [-0.3, -0.25) is 14.5 Å². The number of carboxylic acid groups (broad SMARTS) is 1. The second-order valence-corrected chi connectivity index (χ2v) is 7.77. The summed E-state index contributed by atoms with van der Waals surface area (Å²) >= 11 is 6.31. The summed E-state index contributed by atoms with van der Waals surface area (Å²) in [6, 6.07) is 10.8. The van der Waals surface area contributed by atoms with E-state index >= 15 is 0 Å². The summed E-state index contributed by atoms with van der Waals surface area (Å²) < 4.78 is 5.51. The lowest BCUT2D eigenvalue weighted by molar-refractivity contribution is -0.126. The van der Waals surface area contributed by atoms with E-state index in [9.17, 15) is 19.5 Å². The van der Waals surface area contributed by atoms with Crippen molar-refractivity contribution in [3.63, 3.8) is 0 Å². The van der Waals surface area contributed by atoms with Gasteiger partial charge >= 0.3 is 5.97 Å². The van der Waals surface area contributed by atoms with Crippen molar-refractivity contribution < 1.29 is 29.3 Å². The van der Waals surface area contributed by atoms with Gasteiger partial charge in [-0.25, -0.2) is 4.79 Å². The minimum atomic E-state index is -1.29. The van der Waals surface area contributed by atoms with Crippen LogP contribution in [0.3, 0.4) is 0 Å². The summed E-state index contributed by atoms with van der Waals surface area (Å²) in [6.45, 7) is -0.324. The highest BCUT2D eigenvalue weighted by atomic mass is 32.2. The van der Waals surface area contributed by atoms with Crippen LogP contribution in [0.1, 0.15) is 15.9 Å². The Morgan fingerprint density at radius 2 is 2.00 bits per heavy atom. The van der Waals surface area contributed by atoms with Crippen LogP contribution in [0.5, 0.6) is 11.5 Å². The van der Waals surface area contributed by atoms with E-state index in [4.69, 9.17) is 22.1 Å². The number of aromatic carboxylic acids is 1. The molecule has 3 N–H and O–H groups in total. The summed E-state index contributed by atoms with van der Waals surface area (Å²) in [5.41, 5.74) is 0.614. The van der Waals surface area contributed by atoms with Crippen molar-refractivity contribution >= 4 is 57.8 Å². The molecule has 8 nitrogen and oxygen atoms in total. The van der Waals surface area contributed by atoms with Crippen LogP contribution in [-0.4, -0.2) is 50.9 Å². The monoisotopic (exact) mass is 444 g/mol. The highest BCUT2D eigenvalue weighted by molar-refractivity contribution is 8.26. The van der Waals surface area contributed by atoms with Crippen LogP contribution in [0, 0.1) is 0 Å². The zero-order valence-electron chi connectivity index (χ0n) is 15.6. The Kier molecular flexibility index (Phi) is 6.38. The molecule has 1 aliphatic rings. The smallest absolute Gasteiger partial charge is 0.339 e. The Balaban J connectivity index is 1.71. The number of aromatic hydroxyl groups is 1. The summed E-state index contributed by atoms with van der Waals surface area (Å²) in [4.78, 5) is 37.5. The molecular weight excluding hydrogens is 428 g/mol. The SMILES string of the molecule is COc1ccccc1/C=C1\SC(=S)N(CC(=O)Nc2ccc(C(=O)O)c(O)c2)C1=O. The van der Waals surface area contributed by atoms with Gasteiger partial charge in [0.1, 0.15) is 27.9 Å². The Morgan fingerprint density at radius 3 is 2.67 bits per heavy atom. The molecular formula is C20H16N2O6S2. The van der Waals surface area contributed by atoms with Crippen LogP contribution in [0.15, 0.2) is 47.4 Å². The van der Waals surface area contributed by atoms with Gasteiger partial charge in [-0.1, -0.05) is 42.2 Å². The number of hydrogen-bond donors (Lipinski definition) is 3. The van der Waals surface area contributed by atoms with Crippen molar-refractivity contribution in [1.82, 2.24) is 4.90 Å². The third kappa shape index (κ3) is 4.61. The number of anilines is 1. The Morgan fingerprint density at radius 1 is 1.27 bits per heavy atom. The summed E-state index contributed by atoms with van der Waals surface area (Å²) in [6.07, 6.45) is 1.65. The largest absolute Gasteiger partial charge is 0.507 e. The van der Waals surface area contributed by atoms with Crippen LogP contribution < -0.4 is 10.1 Å². The number of carbonyl (C=O) groups is 3. The fourth-order valence-electron chi connectivity index (χ4n) is 2.70. The molecule has 2 amide bonds. The van der Waals surface area contributed by atoms with Crippen LogP contribution >= 0.6 is 24.0 Å². The van der Waals surface area contributed by atoms with E-state index < -0.39 is 23.5 Å². The third-order valence-electron chi connectivity index (χ3n) is 4.11. The van der Waals surface area contributed by atoms with Crippen LogP contribution in [0.2, 0.25) is 0 Å². The molecule has 1 aliphatic heterocycles. The van der Waals surface area contributed by atoms with Crippen molar-refractivity contribution in [3.05, 3.63) is 58.5 Å². The number of thioether (sulfide) groups is 1. The Labute approximate surface area is 181 Å². The average molecular weight is 444 g/mol. The molecule has 154 valence electrons. The van der Waals surface area contributed by atoms with Gasteiger partial charge in [-0.05, 0) is 24.3 Å². The minimum absolute atomic E-state index is 0.192. The molecule has 0 bridgehead atoms. The second kappa shape index (κ2) is 8.97. The average Bonchev–Trinajstić information content (AvgIpc) is 2.95. The van der Waals surface area contributed by atoms with Crippen LogP contribution in [-0.2, 0) is 9.59 Å². The number of amides is 2. The van der Waals surface area contributed by atoms with Gasteiger partial charge in [0.15, 0.2) is 0 Å². The first kappa shape index (κ1) is 21.3. The normalized spacial score (nSPS) is 14.8. The fourth-order valence-corrected chi connectivity index (χ4v) is 3.94. The van der Waals surface area contributed by atoms with Crippen molar-refractivity contribution in [1.29, 1.82) is 0 Å². The summed E-state index contributed by atoms with van der Waals surface area (Å²) in [5.74, 6) is -2.12. The van der Waals surface area contributed by atoms with Gasteiger partial charge in [0.2, 0.25) is 5.91 Å². The topological polar surface area (TPSA) is 116 Å². The first-order valence-corrected chi connectivity index (χ1v) is 9.77. The van der Waals surface area contributed by atoms with E-state index in [0.717, 1.165) is 17.8 Å². The lowest BCUT2D eigenvalue weighted by Gasteiger charge is -2.14. The lowest BCUT2D eigenvalue weighted by atomic mass is 10.2. The molecule has 2 aromatic carbocycles. The molecule has 0 atom stereocenters. The van der Waals surface area contributed by atoms with E-state index in [-0.39, 0.29) is 22.1 Å². The molecule has 0 radical (unpaired) electrons. The van der Waals surface area contributed by atoms with Crippen LogP contribution in [0.25, 0.3) is 6.08 Å². The summed E-state index contributed by atoms with van der Waals surface area (Å²) in [5, 5.41) is 21.2. The minimum Gasteiger partial charge on any atom is -0.507 e. The number of ether oxygens (including phenoxy) is 1. The zero-order valence-corrected chi connectivity index (χ0v) is 17.3. The molecule has 0 saturated carbocycles. The Hall–Kier alpha value is -3.37. The molecule has 1 saturated heterocycles. The number of rotatable bonds is 6. The molecule has 3 rings (SSSR count). The molecule has 2 aromatic rings. The van der Waals surface area contributed by atoms with Gasteiger partial charge in [0.05, 0.1) is 12.0 Å². The van der Waals surface area contributed by atoms with E-state index in [0.29, 0.717) is 16.2 Å². The number of carbonyl (C=O) groups excluding carboxylic acids is 2. The number of benzene rings is 2. The van der Waals surface area contributed by atoms with Gasteiger partial charge < -0.3 is 20.3 Å². The predicted octanol–water partition coefficient (Wildman–Crippen LogP) is 2.94. The van der Waals surface area contributed by atoms with E-state index in [1.807, 2.05) is 12.1 Å². The van der Waals surface area contributed by atoms with Crippen molar-refractivity contribution in [2.45, 2.75) is 0 Å². The fraction of sp³-hybridized carbons (Fsp3) is 0.100. The number of nitrogens with zero attached hydrogens (tertiary/aromatic N) is 1. The summed E-state index contributed by atoms with van der Waals surface area (Å²) in [7, 11) is 1.53. The van der Waals surface area contributed by atoms with Crippen molar-refractivity contribution in [3.8, 4) is 11.5 Å². The molecule has 0 spiro atoms. The standard InChI is InChI=1S/C20H16N2O6S2/c1-28-15-5-3-2-4-11(15)8-16-18(25)22(20(29)30-16)10-17(24)21-12-6-7-13(19(26)27)14(23)9-12/h2-9,23H,10H2,1H3,(H,21,24)(H,26,27)/b16-8-. The number of nitrogens with one attached hydrogen (secondary N) is 1. The van der Waals surface area contributed by atoms with Gasteiger partial charge in [-0.2, -0.15) is 0 Å². The second-order valence-electron chi connectivity index (χ2n) is 6.10. The van der Waals surface area contributed by atoms with Gasteiger partial charge in [0, 0.05) is 17.3 Å². The highest BCUT2D eigenvalue weighted by Crippen LogP contribution is 2.34. The maximum absolute atomic E-state index is 12.7. The highest BCUT2D eigenvalue weighted by Gasteiger charge is 2.33. The molecule has 0 aromatic heterocycles. The van der Waals surface area contributed by atoms with E-state index in [1.165, 1.54) is 24.1 Å². The molecule has 0 aliphatic carbocycles. The number of methoxy groups -OCH3 is 1. The van der Waals surface area contributed by atoms with E-state index in [1.54, 1.807) is 18.2 Å². The molecule has 30 heavy (non-hydrogen) atoms. The predicted molar refractivity (Wildman–Crippen MR) is 117 cm³/mol. The maximum Gasteiger partial charge on any atom is 0.339 e. The molecule has 1 fully saturated rings. The first-order valence-electron chi connectivity index (χ1n) is 8.54. The van der Waals surface area contributed by atoms with Crippen molar-refractivity contribution in [2.75, 3.05) is 19.0 Å². The first-order chi connectivity index (χ1) is 14.3. The van der Waals surface area contributed by atoms with E-state index in [2.05, 4.69) is 5.32 Å². The zero-order chi connectivity index (χ0) is 21.8. The number of hydrogen-bond acceptors (Lipinski definition) is 7. The molecule has 1 heterocycles. The number of para-hydroxylation sites is 1. The number of carboxylic acids is 1. The molecule has 10 heteroatoms.